The highest BCUT2D eigenvalue weighted by Gasteiger charge is 2.19. The lowest BCUT2D eigenvalue weighted by Gasteiger charge is -2.29. The number of aryl methyl sites for hydroxylation is 2. The third-order valence-electron chi connectivity index (χ3n) is 3.91. The Morgan fingerprint density at radius 3 is 2.35 bits per heavy atom. The van der Waals surface area contributed by atoms with Crippen molar-refractivity contribution >= 4 is 11.7 Å². The van der Waals surface area contributed by atoms with Gasteiger partial charge in [0.2, 0.25) is 0 Å². The van der Waals surface area contributed by atoms with Crippen LogP contribution in [0.2, 0.25) is 0 Å². The summed E-state index contributed by atoms with van der Waals surface area (Å²) < 4.78 is 0. The number of aromatic nitrogens is 1. The predicted octanol–water partition coefficient (Wildman–Crippen LogP) is 3.25. The Kier molecular flexibility index (Phi) is 5.99. The van der Waals surface area contributed by atoms with Crippen molar-refractivity contribution in [3.05, 3.63) is 22.9 Å². The number of pyridine rings is 1. The third-order valence-corrected chi connectivity index (χ3v) is 3.91. The molecule has 1 aromatic rings. The molecule has 0 fully saturated rings. The van der Waals surface area contributed by atoms with E-state index in [4.69, 9.17) is 11.1 Å². The summed E-state index contributed by atoms with van der Waals surface area (Å²) in [6.07, 6.45) is 2.32. The van der Waals surface area contributed by atoms with Gasteiger partial charge in [-0.25, -0.2) is 4.98 Å². The van der Waals surface area contributed by atoms with Crippen LogP contribution in [-0.4, -0.2) is 23.9 Å². The van der Waals surface area contributed by atoms with Crippen molar-refractivity contribution in [3.8, 4) is 0 Å². The summed E-state index contributed by atoms with van der Waals surface area (Å²) in [5.74, 6) is 1.62. The first-order valence-electron chi connectivity index (χ1n) is 7.52. The number of nitrogens with two attached hydrogens (primary N) is 1. The van der Waals surface area contributed by atoms with Crippen molar-refractivity contribution in [1.29, 1.82) is 5.41 Å². The van der Waals surface area contributed by atoms with Crippen molar-refractivity contribution in [3.63, 3.8) is 0 Å². The van der Waals surface area contributed by atoms with Crippen molar-refractivity contribution in [2.24, 2.45) is 11.7 Å². The van der Waals surface area contributed by atoms with Crippen LogP contribution in [0.25, 0.3) is 0 Å². The van der Waals surface area contributed by atoms with Crippen molar-refractivity contribution in [2.45, 2.75) is 47.5 Å². The van der Waals surface area contributed by atoms with Crippen molar-refractivity contribution < 1.29 is 0 Å². The van der Waals surface area contributed by atoms with E-state index in [-0.39, 0.29) is 5.84 Å². The zero-order valence-corrected chi connectivity index (χ0v) is 13.5. The molecule has 1 aromatic heterocycles. The monoisotopic (exact) mass is 276 g/mol. The molecular weight excluding hydrogens is 248 g/mol. The second-order valence-corrected chi connectivity index (χ2v) is 5.41. The molecule has 0 amide bonds. The van der Waals surface area contributed by atoms with Crippen LogP contribution in [0.4, 0.5) is 5.82 Å². The summed E-state index contributed by atoms with van der Waals surface area (Å²) in [5.41, 5.74) is 8.56. The average Bonchev–Trinajstić information content (AvgIpc) is 2.38. The minimum absolute atomic E-state index is 0.105. The molecule has 0 bridgehead atoms. The molecule has 0 unspecified atom stereocenters. The van der Waals surface area contributed by atoms with Gasteiger partial charge < -0.3 is 10.6 Å². The quantitative estimate of drug-likeness (QED) is 0.593. The van der Waals surface area contributed by atoms with Crippen LogP contribution < -0.4 is 10.6 Å². The molecule has 0 atom stereocenters. The van der Waals surface area contributed by atoms with Gasteiger partial charge in [0.15, 0.2) is 0 Å². The lowest BCUT2D eigenvalue weighted by molar-refractivity contribution is 0.484. The van der Waals surface area contributed by atoms with E-state index in [1.54, 1.807) is 0 Å². The third kappa shape index (κ3) is 3.71. The van der Waals surface area contributed by atoms with Gasteiger partial charge in [0.05, 0.1) is 5.56 Å². The molecule has 20 heavy (non-hydrogen) atoms. The molecule has 0 spiro atoms. The first-order valence-corrected chi connectivity index (χ1v) is 7.52. The topological polar surface area (TPSA) is 66.0 Å². The van der Waals surface area contributed by atoms with Gasteiger partial charge >= 0.3 is 0 Å². The summed E-state index contributed by atoms with van der Waals surface area (Å²) in [7, 11) is 0. The van der Waals surface area contributed by atoms with Gasteiger partial charge in [-0.05, 0) is 38.3 Å². The molecule has 1 heterocycles. The maximum atomic E-state index is 7.84. The molecule has 0 aromatic carbocycles. The van der Waals surface area contributed by atoms with E-state index in [2.05, 4.69) is 30.7 Å². The van der Waals surface area contributed by atoms with Crippen LogP contribution in [0, 0.1) is 25.2 Å². The molecule has 0 aliphatic heterocycles. The molecule has 4 nitrogen and oxygen atoms in total. The number of nitrogens with one attached hydrogen (secondary N) is 1. The second kappa shape index (κ2) is 7.27. The predicted molar refractivity (Wildman–Crippen MR) is 86.7 cm³/mol. The second-order valence-electron chi connectivity index (χ2n) is 5.41. The zero-order valence-electron chi connectivity index (χ0n) is 13.5. The van der Waals surface area contributed by atoms with Crippen molar-refractivity contribution in [2.75, 3.05) is 18.0 Å². The lowest BCUT2D eigenvalue weighted by Crippen LogP contribution is -2.32. The lowest BCUT2D eigenvalue weighted by atomic mass is 10.0. The number of nitrogen functional groups attached to an aromatic ring is 1. The molecule has 0 saturated carbocycles. The number of anilines is 1. The van der Waals surface area contributed by atoms with Crippen LogP contribution in [0.5, 0.6) is 0 Å². The largest absolute Gasteiger partial charge is 0.384 e. The van der Waals surface area contributed by atoms with Crippen LogP contribution >= 0.6 is 0 Å². The van der Waals surface area contributed by atoms with Gasteiger partial charge in [-0.3, -0.25) is 5.41 Å². The Morgan fingerprint density at radius 2 is 1.90 bits per heavy atom. The van der Waals surface area contributed by atoms with E-state index in [1.165, 1.54) is 0 Å². The Labute approximate surface area is 122 Å². The first kappa shape index (κ1) is 16.5. The highest BCUT2D eigenvalue weighted by molar-refractivity contribution is 6.01. The number of rotatable bonds is 7. The minimum Gasteiger partial charge on any atom is -0.384 e. The molecule has 0 saturated heterocycles. The maximum Gasteiger partial charge on any atom is 0.140 e. The van der Waals surface area contributed by atoms with E-state index in [0.717, 1.165) is 48.6 Å². The fourth-order valence-corrected chi connectivity index (χ4v) is 2.60. The van der Waals surface area contributed by atoms with Crippen LogP contribution in [0.15, 0.2) is 6.07 Å². The van der Waals surface area contributed by atoms with Crippen LogP contribution in [0.3, 0.4) is 0 Å². The average molecular weight is 276 g/mol. The van der Waals surface area contributed by atoms with Gasteiger partial charge in [0.1, 0.15) is 11.7 Å². The fraction of sp³-hybridized carbons (Fsp3) is 0.625. The maximum absolute atomic E-state index is 7.84. The number of hydrogen-bond acceptors (Lipinski definition) is 3. The van der Waals surface area contributed by atoms with Crippen LogP contribution in [-0.2, 0) is 0 Å². The van der Waals surface area contributed by atoms with Gasteiger partial charge in [-0.15, -0.1) is 0 Å². The highest BCUT2D eigenvalue weighted by atomic mass is 15.2. The van der Waals surface area contributed by atoms with Gasteiger partial charge in [-0.1, -0.05) is 26.7 Å². The highest BCUT2D eigenvalue weighted by Crippen LogP contribution is 2.24. The molecule has 0 radical (unpaired) electrons. The molecule has 0 aliphatic carbocycles. The number of amidine groups is 1. The Hall–Kier alpha value is -1.58. The summed E-state index contributed by atoms with van der Waals surface area (Å²) in [5, 5.41) is 7.84. The minimum atomic E-state index is 0.105. The van der Waals surface area contributed by atoms with Gasteiger partial charge in [-0.2, -0.15) is 0 Å². The van der Waals surface area contributed by atoms with Gasteiger partial charge in [0.25, 0.3) is 0 Å². The van der Waals surface area contributed by atoms with Crippen molar-refractivity contribution in [1.82, 2.24) is 4.98 Å². The summed E-state index contributed by atoms with van der Waals surface area (Å²) in [4.78, 5) is 6.91. The summed E-state index contributed by atoms with van der Waals surface area (Å²) >= 11 is 0. The van der Waals surface area contributed by atoms with E-state index < -0.39 is 0 Å². The molecule has 4 heteroatoms. The molecule has 112 valence electrons. The first-order chi connectivity index (χ1) is 9.44. The van der Waals surface area contributed by atoms with E-state index in [1.807, 2.05) is 19.9 Å². The standard InChI is InChI=1S/C16H28N4/c1-6-13(7-2)10-20(8-3)16-14(15(17)18)11(4)9-12(5)19-16/h9,13H,6-8,10H2,1-5H3,(H3,17,18). The molecule has 3 N–H and O–H groups in total. The molecule has 1 rings (SSSR count). The SMILES string of the molecule is CCC(CC)CN(CC)c1nc(C)cc(C)c1C(=N)N. The zero-order chi connectivity index (χ0) is 15.3. The number of nitrogens with zero attached hydrogens (tertiary/aromatic N) is 2. The van der Waals surface area contributed by atoms with Gasteiger partial charge in [0, 0.05) is 18.8 Å². The number of hydrogen-bond donors (Lipinski definition) is 2. The molecule has 0 aliphatic rings. The normalized spacial score (nSPS) is 10.9. The smallest absolute Gasteiger partial charge is 0.140 e. The fourth-order valence-electron chi connectivity index (χ4n) is 2.60. The van der Waals surface area contributed by atoms with E-state index >= 15 is 0 Å². The Morgan fingerprint density at radius 1 is 1.30 bits per heavy atom. The Balaban J connectivity index is 3.23. The summed E-state index contributed by atoms with van der Waals surface area (Å²) in [6, 6.07) is 1.99. The molecular formula is C16H28N4. The Bertz CT molecular complexity index is 464. The van der Waals surface area contributed by atoms with Crippen LogP contribution in [0.1, 0.15) is 50.4 Å². The van der Waals surface area contributed by atoms with E-state index in [0.29, 0.717) is 5.92 Å². The summed E-state index contributed by atoms with van der Waals surface area (Å²) in [6.45, 7) is 12.4. The van der Waals surface area contributed by atoms with E-state index in [9.17, 15) is 0 Å².